The first kappa shape index (κ1) is 24.1. The van der Waals surface area contributed by atoms with Crippen molar-refractivity contribution in [1.82, 2.24) is 20.4 Å². The lowest BCUT2D eigenvalue weighted by Crippen LogP contribution is -2.51. The average molecular weight is 504 g/mol. The Balaban J connectivity index is 1.28. The van der Waals surface area contributed by atoms with Gasteiger partial charge in [-0.15, -0.1) is 15.3 Å². The highest BCUT2D eigenvalue weighted by Gasteiger charge is 2.49. The summed E-state index contributed by atoms with van der Waals surface area (Å²) in [6.45, 7) is 4.92. The van der Waals surface area contributed by atoms with E-state index in [2.05, 4.69) is 39.1 Å². The third-order valence-electron chi connectivity index (χ3n) is 8.62. The van der Waals surface area contributed by atoms with E-state index in [4.69, 9.17) is 4.74 Å². The lowest BCUT2D eigenvalue weighted by atomic mass is 9.55. The van der Waals surface area contributed by atoms with Crippen LogP contribution in [0.2, 0.25) is 0 Å². The Hall–Kier alpha value is -3.29. The van der Waals surface area contributed by atoms with Crippen molar-refractivity contribution in [2.24, 2.45) is 10.8 Å². The van der Waals surface area contributed by atoms with E-state index >= 15 is 4.39 Å². The lowest BCUT2D eigenvalue weighted by molar-refractivity contribution is 0.0127. The molecule has 3 aromatic rings. The molecule has 3 aliphatic rings. The molecule has 6 rings (SSSR count). The third kappa shape index (κ3) is 4.62. The summed E-state index contributed by atoms with van der Waals surface area (Å²) in [4.78, 5) is 2.50. The van der Waals surface area contributed by atoms with Gasteiger partial charge in [0, 0.05) is 23.7 Å². The fourth-order valence-electron chi connectivity index (χ4n) is 7.14. The van der Waals surface area contributed by atoms with Crippen molar-refractivity contribution < 1.29 is 14.2 Å². The summed E-state index contributed by atoms with van der Waals surface area (Å²) in [5, 5.41) is 27.5. The van der Waals surface area contributed by atoms with Gasteiger partial charge in [0.05, 0.1) is 24.6 Å². The molecule has 0 unspecified atom stereocenters. The van der Waals surface area contributed by atoms with Crippen LogP contribution in [-0.2, 0) is 0 Å². The minimum absolute atomic E-state index is 0.0435. The Morgan fingerprint density at radius 3 is 2.35 bits per heavy atom. The van der Waals surface area contributed by atoms with E-state index in [9.17, 15) is 5.11 Å². The van der Waals surface area contributed by atoms with E-state index in [0.29, 0.717) is 45.6 Å². The second kappa shape index (κ2) is 8.92. The monoisotopic (exact) mass is 503 g/mol. The maximum atomic E-state index is 15.3. The lowest BCUT2D eigenvalue weighted by Gasteiger charge is -2.54. The summed E-state index contributed by atoms with van der Waals surface area (Å²) >= 11 is 0. The number of anilines is 1. The molecule has 2 aromatic heterocycles. The Morgan fingerprint density at radius 1 is 0.973 bits per heavy atom. The van der Waals surface area contributed by atoms with Gasteiger partial charge in [-0.1, -0.05) is 20.3 Å². The van der Waals surface area contributed by atoms with Gasteiger partial charge in [0.15, 0.2) is 5.82 Å². The van der Waals surface area contributed by atoms with Crippen molar-refractivity contribution in [1.29, 1.82) is 0 Å². The number of ether oxygens (including phenoxy) is 1. The van der Waals surface area contributed by atoms with E-state index in [1.54, 1.807) is 12.1 Å². The van der Waals surface area contributed by atoms with E-state index in [1.807, 2.05) is 6.07 Å². The van der Waals surface area contributed by atoms with Gasteiger partial charge in [0.25, 0.3) is 0 Å². The van der Waals surface area contributed by atoms with Crippen molar-refractivity contribution in [3.05, 3.63) is 42.3 Å². The molecule has 3 atom stereocenters. The SMILES string of the molecule is COc1cc(-c2cc(O)c(-c3ccc(N(C4CC4)[C@H]4C[C@]5(C)CCC[C@](C)(C4)C5)nn3)c(F)c2)cnn1. The number of phenolic OH excluding ortho intramolecular Hbond substituents is 1. The van der Waals surface area contributed by atoms with Crippen molar-refractivity contribution in [3.8, 4) is 34.0 Å². The molecule has 0 radical (unpaired) electrons. The maximum Gasteiger partial charge on any atom is 0.233 e. The molecule has 2 heterocycles. The summed E-state index contributed by atoms with van der Waals surface area (Å²) < 4.78 is 20.4. The van der Waals surface area contributed by atoms with Gasteiger partial charge in [0.2, 0.25) is 5.88 Å². The highest BCUT2D eigenvalue weighted by Crippen LogP contribution is 2.57. The zero-order valence-corrected chi connectivity index (χ0v) is 21.7. The van der Waals surface area contributed by atoms with Crippen LogP contribution in [0.25, 0.3) is 22.4 Å². The van der Waals surface area contributed by atoms with E-state index in [-0.39, 0.29) is 11.3 Å². The number of hydrogen-bond acceptors (Lipinski definition) is 7. The minimum Gasteiger partial charge on any atom is -0.507 e. The number of phenols is 1. The van der Waals surface area contributed by atoms with Crippen LogP contribution in [-0.4, -0.2) is 44.7 Å². The number of aromatic nitrogens is 4. The molecule has 37 heavy (non-hydrogen) atoms. The number of rotatable bonds is 6. The summed E-state index contributed by atoms with van der Waals surface area (Å²) in [7, 11) is 1.49. The van der Waals surface area contributed by atoms with Crippen LogP contribution in [0.3, 0.4) is 0 Å². The van der Waals surface area contributed by atoms with Crippen LogP contribution in [0.5, 0.6) is 11.6 Å². The largest absolute Gasteiger partial charge is 0.507 e. The molecule has 194 valence electrons. The standard InChI is InChI=1S/C29H34FN5O2/c1-28-9-4-10-29(2,17-28)15-21(14-28)35(20-5-6-20)25-8-7-23(32-33-25)27-22(30)11-18(12-24(27)36)19-13-26(37-3)34-31-16-19/h7-8,11-13,16,20-21,36H,4-6,9-10,14-15,17H2,1-3H3/t21-,28-,29+. The first-order chi connectivity index (χ1) is 17.8. The first-order valence-electron chi connectivity index (χ1n) is 13.3. The van der Waals surface area contributed by atoms with Crippen LogP contribution in [0, 0.1) is 16.6 Å². The molecule has 2 bridgehead atoms. The molecule has 8 heteroatoms. The van der Waals surface area contributed by atoms with Crippen LogP contribution >= 0.6 is 0 Å². The number of nitrogens with zero attached hydrogens (tertiary/aromatic N) is 5. The zero-order valence-electron chi connectivity index (χ0n) is 21.7. The van der Waals surface area contributed by atoms with Gasteiger partial charge < -0.3 is 14.7 Å². The fraction of sp³-hybridized carbons (Fsp3) is 0.517. The van der Waals surface area contributed by atoms with Gasteiger partial charge >= 0.3 is 0 Å². The second-order valence-electron chi connectivity index (χ2n) is 12.0. The van der Waals surface area contributed by atoms with Crippen LogP contribution < -0.4 is 9.64 Å². The topological polar surface area (TPSA) is 84.3 Å². The van der Waals surface area contributed by atoms with Crippen LogP contribution in [0.15, 0.2) is 36.5 Å². The highest BCUT2D eigenvalue weighted by atomic mass is 19.1. The number of hydrogen-bond donors (Lipinski definition) is 1. The summed E-state index contributed by atoms with van der Waals surface area (Å²) in [5.74, 6) is 0.392. The second-order valence-corrected chi connectivity index (χ2v) is 12.0. The molecule has 3 fully saturated rings. The normalized spacial score (nSPS) is 27.1. The van der Waals surface area contributed by atoms with Crippen molar-refractivity contribution in [3.63, 3.8) is 0 Å². The Morgan fingerprint density at radius 2 is 1.73 bits per heavy atom. The number of methoxy groups -OCH3 is 1. The van der Waals surface area contributed by atoms with Crippen LogP contribution in [0.4, 0.5) is 10.2 Å². The summed E-state index contributed by atoms with van der Waals surface area (Å²) in [6, 6.07) is 9.18. The van der Waals surface area contributed by atoms with E-state index < -0.39 is 5.82 Å². The van der Waals surface area contributed by atoms with Crippen molar-refractivity contribution in [2.45, 2.75) is 77.3 Å². The van der Waals surface area contributed by atoms with Gasteiger partial charge in [-0.2, -0.15) is 5.10 Å². The van der Waals surface area contributed by atoms with Gasteiger partial charge in [-0.05, 0) is 85.6 Å². The molecule has 1 aromatic carbocycles. The number of aromatic hydroxyl groups is 1. The van der Waals surface area contributed by atoms with Gasteiger partial charge in [-0.3, -0.25) is 0 Å². The molecule has 0 amide bonds. The molecule has 0 spiro atoms. The molecular formula is C29H34FN5O2. The summed E-state index contributed by atoms with van der Waals surface area (Å²) in [5.41, 5.74) is 2.20. The molecule has 1 N–H and O–H groups in total. The molecule has 3 aliphatic carbocycles. The average Bonchev–Trinajstić information content (AvgIpc) is 3.68. The fourth-order valence-corrected chi connectivity index (χ4v) is 7.14. The number of benzene rings is 1. The molecule has 7 nitrogen and oxygen atoms in total. The van der Waals surface area contributed by atoms with Crippen molar-refractivity contribution in [2.75, 3.05) is 12.0 Å². The van der Waals surface area contributed by atoms with E-state index in [0.717, 1.165) is 5.82 Å². The highest BCUT2D eigenvalue weighted by molar-refractivity contribution is 5.75. The third-order valence-corrected chi connectivity index (χ3v) is 8.62. The smallest absolute Gasteiger partial charge is 0.233 e. The summed E-state index contributed by atoms with van der Waals surface area (Å²) in [6.07, 6.45) is 11.5. The Bertz CT molecular complexity index is 1270. The number of halogens is 1. The predicted molar refractivity (Wildman–Crippen MR) is 140 cm³/mol. The van der Waals surface area contributed by atoms with Crippen molar-refractivity contribution >= 4 is 5.82 Å². The van der Waals surface area contributed by atoms with Gasteiger partial charge in [0.1, 0.15) is 11.6 Å². The molecule has 0 saturated heterocycles. The maximum absolute atomic E-state index is 15.3. The molecule has 3 saturated carbocycles. The molecular weight excluding hydrogens is 469 g/mol. The minimum atomic E-state index is -0.576. The molecule has 0 aliphatic heterocycles. The zero-order chi connectivity index (χ0) is 25.8. The quantitative estimate of drug-likeness (QED) is 0.430. The van der Waals surface area contributed by atoms with Gasteiger partial charge in [-0.25, -0.2) is 4.39 Å². The van der Waals surface area contributed by atoms with Crippen LogP contribution in [0.1, 0.15) is 65.2 Å². The number of fused-ring (bicyclic) bond motifs is 2. The first-order valence-corrected chi connectivity index (χ1v) is 13.3. The Kier molecular flexibility index (Phi) is 5.81. The predicted octanol–water partition coefficient (Wildman–Crippen LogP) is 6.17. The Labute approximate surface area is 217 Å². The van der Waals surface area contributed by atoms with E-state index in [1.165, 1.54) is 76.8 Å².